The number of hydrogen-bond acceptors (Lipinski definition) is 4. The zero-order valence-electron chi connectivity index (χ0n) is 10.4. The van der Waals surface area contributed by atoms with E-state index in [0.717, 1.165) is 0 Å². The number of carboxylic acids is 1. The van der Waals surface area contributed by atoms with Gasteiger partial charge in [-0.3, -0.25) is 9.59 Å². The van der Waals surface area contributed by atoms with Crippen molar-refractivity contribution in [2.24, 2.45) is 0 Å². The first-order valence-electron chi connectivity index (χ1n) is 5.29. The van der Waals surface area contributed by atoms with Gasteiger partial charge in [0.05, 0.1) is 5.56 Å². The summed E-state index contributed by atoms with van der Waals surface area (Å²) in [6.45, 7) is 4.14. The number of aliphatic carboxylic acids is 1. The number of benzene rings is 1. The summed E-state index contributed by atoms with van der Waals surface area (Å²) < 4.78 is 0. The SMILES string of the molecule is Cc1c(C)c(C(=O)NCC(=O)O)c(O)c(C)c1O. The van der Waals surface area contributed by atoms with E-state index < -0.39 is 18.4 Å². The summed E-state index contributed by atoms with van der Waals surface area (Å²) in [7, 11) is 0. The van der Waals surface area contributed by atoms with Crippen molar-refractivity contribution in [2.75, 3.05) is 6.54 Å². The first kappa shape index (κ1) is 13.8. The molecule has 0 atom stereocenters. The number of amides is 1. The molecule has 0 aliphatic carbocycles. The van der Waals surface area contributed by atoms with Gasteiger partial charge in [-0.2, -0.15) is 0 Å². The Kier molecular flexibility index (Phi) is 3.80. The number of phenolic OH excluding ortho intramolecular Hbond substituents is 2. The van der Waals surface area contributed by atoms with Gasteiger partial charge >= 0.3 is 5.97 Å². The maximum absolute atomic E-state index is 11.8. The van der Waals surface area contributed by atoms with Crippen molar-refractivity contribution in [3.05, 3.63) is 22.3 Å². The number of aromatic hydroxyl groups is 2. The molecular formula is C12H15NO5. The fourth-order valence-electron chi connectivity index (χ4n) is 1.65. The van der Waals surface area contributed by atoms with Crippen molar-refractivity contribution in [3.8, 4) is 11.5 Å². The zero-order chi connectivity index (χ0) is 14.0. The summed E-state index contributed by atoms with van der Waals surface area (Å²) in [5, 5.41) is 30.2. The van der Waals surface area contributed by atoms with Gasteiger partial charge in [-0.05, 0) is 31.9 Å². The van der Waals surface area contributed by atoms with Crippen LogP contribution in [0.4, 0.5) is 0 Å². The molecule has 0 spiro atoms. The molecule has 1 rings (SSSR count). The summed E-state index contributed by atoms with van der Waals surface area (Å²) in [6, 6.07) is 0. The summed E-state index contributed by atoms with van der Waals surface area (Å²) >= 11 is 0. The third kappa shape index (κ3) is 2.37. The largest absolute Gasteiger partial charge is 0.507 e. The molecule has 0 aromatic heterocycles. The van der Waals surface area contributed by atoms with Crippen LogP contribution in [-0.4, -0.2) is 33.7 Å². The van der Waals surface area contributed by atoms with Crippen molar-refractivity contribution < 1.29 is 24.9 Å². The Morgan fingerprint density at radius 2 is 1.56 bits per heavy atom. The van der Waals surface area contributed by atoms with Crippen molar-refractivity contribution in [2.45, 2.75) is 20.8 Å². The van der Waals surface area contributed by atoms with Crippen molar-refractivity contribution in [1.82, 2.24) is 5.32 Å². The topological polar surface area (TPSA) is 107 Å². The number of carbonyl (C=O) groups is 2. The van der Waals surface area contributed by atoms with E-state index in [2.05, 4.69) is 5.32 Å². The maximum Gasteiger partial charge on any atom is 0.322 e. The number of carboxylic acid groups (broad SMARTS) is 1. The molecule has 1 amide bonds. The molecule has 1 aromatic rings. The van der Waals surface area contributed by atoms with E-state index in [9.17, 15) is 19.8 Å². The molecule has 1 aromatic carbocycles. The minimum Gasteiger partial charge on any atom is -0.507 e. The molecule has 4 N–H and O–H groups in total. The van der Waals surface area contributed by atoms with Crippen molar-refractivity contribution >= 4 is 11.9 Å². The Morgan fingerprint density at radius 3 is 2.06 bits per heavy atom. The normalized spacial score (nSPS) is 10.2. The lowest BCUT2D eigenvalue weighted by Gasteiger charge is -2.15. The lowest BCUT2D eigenvalue weighted by atomic mass is 9.96. The molecule has 6 heteroatoms. The second kappa shape index (κ2) is 4.95. The van der Waals surface area contributed by atoms with Crippen LogP contribution in [0.2, 0.25) is 0 Å². The summed E-state index contributed by atoms with van der Waals surface area (Å²) in [5.41, 5.74) is 1.08. The van der Waals surface area contributed by atoms with Crippen LogP contribution in [0.5, 0.6) is 11.5 Å². The summed E-state index contributed by atoms with van der Waals surface area (Å²) in [4.78, 5) is 22.2. The van der Waals surface area contributed by atoms with Gasteiger partial charge < -0.3 is 20.6 Å². The average Bonchev–Trinajstić information content (AvgIpc) is 2.31. The Bertz CT molecular complexity index is 493. The van der Waals surface area contributed by atoms with E-state index in [1.807, 2.05) is 0 Å². The Hall–Kier alpha value is -2.24. The molecule has 0 heterocycles. The van der Waals surface area contributed by atoms with Crippen LogP contribution in [0.15, 0.2) is 0 Å². The average molecular weight is 253 g/mol. The van der Waals surface area contributed by atoms with Crippen LogP contribution in [0.1, 0.15) is 27.0 Å². The van der Waals surface area contributed by atoms with E-state index in [1.54, 1.807) is 13.8 Å². The van der Waals surface area contributed by atoms with E-state index in [4.69, 9.17) is 5.11 Å². The van der Waals surface area contributed by atoms with E-state index >= 15 is 0 Å². The smallest absolute Gasteiger partial charge is 0.322 e. The number of rotatable bonds is 3. The van der Waals surface area contributed by atoms with E-state index in [-0.39, 0.29) is 22.6 Å². The Morgan fingerprint density at radius 1 is 1.00 bits per heavy atom. The highest BCUT2D eigenvalue weighted by Gasteiger charge is 2.21. The summed E-state index contributed by atoms with van der Waals surface area (Å²) in [5.74, 6) is -2.26. The van der Waals surface area contributed by atoms with Gasteiger partial charge in [0.15, 0.2) is 0 Å². The van der Waals surface area contributed by atoms with Gasteiger partial charge in [0, 0.05) is 5.56 Å². The molecule has 0 aliphatic heterocycles. The van der Waals surface area contributed by atoms with Crippen LogP contribution in [-0.2, 0) is 4.79 Å². The zero-order valence-corrected chi connectivity index (χ0v) is 10.4. The first-order valence-corrected chi connectivity index (χ1v) is 5.29. The highest BCUT2D eigenvalue weighted by atomic mass is 16.4. The molecule has 0 aliphatic rings. The van der Waals surface area contributed by atoms with Crippen LogP contribution < -0.4 is 5.32 Å². The fourth-order valence-corrected chi connectivity index (χ4v) is 1.65. The monoisotopic (exact) mass is 253 g/mol. The standard InChI is InChI=1S/C12H15NO5/c1-5-6(2)10(16)7(3)11(17)9(5)12(18)13-4-8(14)15/h16-17H,4H2,1-3H3,(H,13,18)(H,14,15). The van der Waals surface area contributed by atoms with E-state index in [0.29, 0.717) is 11.1 Å². The second-order valence-electron chi connectivity index (χ2n) is 4.02. The molecule has 18 heavy (non-hydrogen) atoms. The molecule has 98 valence electrons. The number of hydrogen-bond donors (Lipinski definition) is 4. The molecule has 6 nitrogen and oxygen atoms in total. The molecule has 0 saturated heterocycles. The number of phenols is 2. The molecular weight excluding hydrogens is 238 g/mol. The second-order valence-corrected chi connectivity index (χ2v) is 4.02. The minimum atomic E-state index is -1.17. The van der Waals surface area contributed by atoms with Gasteiger partial charge in [-0.15, -0.1) is 0 Å². The molecule has 0 saturated carbocycles. The Labute approximate surface area is 104 Å². The first-order chi connectivity index (χ1) is 8.27. The molecule has 0 fully saturated rings. The van der Waals surface area contributed by atoms with Gasteiger partial charge in [-0.25, -0.2) is 0 Å². The highest BCUT2D eigenvalue weighted by Crippen LogP contribution is 2.36. The number of carbonyl (C=O) groups excluding carboxylic acids is 1. The van der Waals surface area contributed by atoms with Crippen LogP contribution >= 0.6 is 0 Å². The lowest BCUT2D eigenvalue weighted by Crippen LogP contribution is -2.30. The Balaban J connectivity index is 3.24. The predicted molar refractivity (Wildman–Crippen MR) is 64.0 cm³/mol. The predicted octanol–water partition coefficient (Wildman–Crippen LogP) is 0.837. The van der Waals surface area contributed by atoms with E-state index in [1.165, 1.54) is 6.92 Å². The quantitative estimate of drug-likeness (QED) is 0.638. The molecule has 0 radical (unpaired) electrons. The third-order valence-corrected chi connectivity index (χ3v) is 2.87. The summed E-state index contributed by atoms with van der Waals surface area (Å²) in [6.07, 6.45) is 0. The van der Waals surface area contributed by atoms with Crippen molar-refractivity contribution in [3.63, 3.8) is 0 Å². The third-order valence-electron chi connectivity index (χ3n) is 2.87. The van der Waals surface area contributed by atoms with Gasteiger partial charge in [-0.1, -0.05) is 0 Å². The number of nitrogens with one attached hydrogen (secondary N) is 1. The highest BCUT2D eigenvalue weighted by molar-refractivity contribution is 6.00. The molecule has 0 bridgehead atoms. The maximum atomic E-state index is 11.8. The van der Waals surface area contributed by atoms with Crippen LogP contribution in [0, 0.1) is 20.8 Å². The minimum absolute atomic E-state index is 0.0101. The fraction of sp³-hybridized carbons (Fsp3) is 0.333. The van der Waals surface area contributed by atoms with Gasteiger partial charge in [0.2, 0.25) is 0 Å². The lowest BCUT2D eigenvalue weighted by molar-refractivity contribution is -0.135. The van der Waals surface area contributed by atoms with Crippen LogP contribution in [0.3, 0.4) is 0 Å². The van der Waals surface area contributed by atoms with Crippen LogP contribution in [0.25, 0.3) is 0 Å². The van der Waals surface area contributed by atoms with Crippen molar-refractivity contribution in [1.29, 1.82) is 0 Å². The van der Waals surface area contributed by atoms with Gasteiger partial charge in [0.1, 0.15) is 18.0 Å². The van der Waals surface area contributed by atoms with Gasteiger partial charge in [0.25, 0.3) is 5.91 Å². The molecule has 0 unspecified atom stereocenters.